The maximum Gasteiger partial charge on any atom is 0.158 e. The van der Waals surface area contributed by atoms with Crippen LogP contribution < -0.4 is 4.90 Å². The third-order valence-corrected chi connectivity index (χ3v) is 4.32. The average Bonchev–Trinajstić information content (AvgIpc) is 3.18. The van der Waals surface area contributed by atoms with Gasteiger partial charge in [-0.3, -0.25) is 4.90 Å². The van der Waals surface area contributed by atoms with E-state index in [0.717, 1.165) is 44.4 Å². The smallest absolute Gasteiger partial charge is 0.158 e. The third kappa shape index (κ3) is 3.28. The van der Waals surface area contributed by atoms with Crippen molar-refractivity contribution in [2.24, 2.45) is 0 Å². The molecule has 0 N–H and O–H groups in total. The zero-order valence-electron chi connectivity index (χ0n) is 13.5. The molecule has 1 aliphatic heterocycles. The Kier molecular flexibility index (Phi) is 4.20. The van der Waals surface area contributed by atoms with Crippen LogP contribution >= 0.6 is 0 Å². The molecule has 6 nitrogen and oxygen atoms in total. The van der Waals surface area contributed by atoms with Gasteiger partial charge < -0.3 is 4.90 Å². The summed E-state index contributed by atoms with van der Waals surface area (Å²) in [5.74, 6) is 1.77. The predicted octanol–water partition coefficient (Wildman–Crippen LogP) is 1.98. The van der Waals surface area contributed by atoms with Gasteiger partial charge in [0.05, 0.1) is 0 Å². The number of piperazine rings is 1. The van der Waals surface area contributed by atoms with Gasteiger partial charge in [-0.1, -0.05) is 30.3 Å². The minimum absolute atomic E-state index is 0.803. The summed E-state index contributed by atoms with van der Waals surface area (Å²) in [6, 6.07) is 14.5. The summed E-state index contributed by atoms with van der Waals surface area (Å²) in [4.78, 5) is 13.5. The highest BCUT2D eigenvalue weighted by atomic mass is 15.3. The number of aromatic nitrogens is 4. The molecule has 3 aromatic rings. The van der Waals surface area contributed by atoms with E-state index in [0.29, 0.717) is 0 Å². The van der Waals surface area contributed by atoms with Crippen LogP contribution in [0.2, 0.25) is 0 Å². The zero-order valence-corrected chi connectivity index (χ0v) is 13.5. The van der Waals surface area contributed by atoms with E-state index in [1.54, 1.807) is 17.2 Å². The van der Waals surface area contributed by atoms with Gasteiger partial charge in [0, 0.05) is 51.2 Å². The van der Waals surface area contributed by atoms with Crippen LogP contribution in [-0.2, 0) is 6.54 Å². The molecule has 24 heavy (non-hydrogen) atoms. The monoisotopic (exact) mass is 320 g/mol. The van der Waals surface area contributed by atoms with Crippen molar-refractivity contribution in [3.63, 3.8) is 0 Å². The maximum absolute atomic E-state index is 4.44. The fourth-order valence-electron chi connectivity index (χ4n) is 3.02. The molecule has 0 amide bonds. The van der Waals surface area contributed by atoms with E-state index in [2.05, 4.69) is 55.2 Å². The first-order valence-corrected chi connectivity index (χ1v) is 8.22. The SMILES string of the molecule is c1ccc(CN2CCN(c3cc(-n4cccn4)ncn3)CC2)cc1. The lowest BCUT2D eigenvalue weighted by atomic mass is 10.2. The number of hydrogen-bond donors (Lipinski definition) is 0. The van der Waals surface area contributed by atoms with Gasteiger partial charge >= 0.3 is 0 Å². The molecule has 0 saturated carbocycles. The third-order valence-electron chi connectivity index (χ3n) is 4.32. The lowest BCUT2D eigenvalue weighted by Gasteiger charge is -2.35. The van der Waals surface area contributed by atoms with Gasteiger partial charge in [-0.05, 0) is 11.6 Å². The molecule has 0 unspecified atom stereocenters. The van der Waals surface area contributed by atoms with E-state index >= 15 is 0 Å². The Labute approximate surface area is 141 Å². The first-order valence-electron chi connectivity index (χ1n) is 8.22. The Bertz CT molecular complexity index is 763. The minimum atomic E-state index is 0.803. The number of anilines is 1. The molecule has 0 aliphatic carbocycles. The van der Waals surface area contributed by atoms with E-state index in [1.807, 2.05) is 18.3 Å². The molecule has 1 aliphatic rings. The normalized spacial score (nSPS) is 15.6. The molecular formula is C18H20N6. The number of benzene rings is 1. The highest BCUT2D eigenvalue weighted by molar-refractivity contribution is 5.43. The summed E-state index contributed by atoms with van der Waals surface area (Å²) in [7, 11) is 0. The van der Waals surface area contributed by atoms with E-state index in [4.69, 9.17) is 0 Å². The minimum Gasteiger partial charge on any atom is -0.354 e. The Balaban J connectivity index is 1.40. The van der Waals surface area contributed by atoms with Crippen molar-refractivity contribution >= 4 is 5.82 Å². The highest BCUT2D eigenvalue weighted by Gasteiger charge is 2.18. The Morgan fingerprint density at radius 3 is 2.42 bits per heavy atom. The average molecular weight is 320 g/mol. The lowest BCUT2D eigenvalue weighted by molar-refractivity contribution is 0.249. The van der Waals surface area contributed by atoms with E-state index in [9.17, 15) is 0 Å². The van der Waals surface area contributed by atoms with Gasteiger partial charge in [0.2, 0.25) is 0 Å². The van der Waals surface area contributed by atoms with E-state index < -0.39 is 0 Å². The van der Waals surface area contributed by atoms with E-state index in [1.165, 1.54) is 5.56 Å². The fourth-order valence-corrected chi connectivity index (χ4v) is 3.02. The van der Waals surface area contributed by atoms with Crippen LogP contribution in [0.4, 0.5) is 5.82 Å². The molecular weight excluding hydrogens is 300 g/mol. The van der Waals surface area contributed by atoms with Crippen LogP contribution in [0.15, 0.2) is 61.2 Å². The standard InChI is InChI=1S/C18H20N6/c1-2-5-16(6-3-1)14-22-9-11-23(12-10-22)17-13-18(20-15-19-17)24-8-4-7-21-24/h1-8,13,15H,9-12,14H2. The van der Waals surface area contributed by atoms with Crippen molar-refractivity contribution < 1.29 is 0 Å². The molecule has 0 spiro atoms. The molecule has 0 bridgehead atoms. The molecule has 1 fully saturated rings. The van der Waals surface area contributed by atoms with Gasteiger partial charge in [-0.25, -0.2) is 14.6 Å². The van der Waals surface area contributed by atoms with Crippen LogP contribution in [-0.4, -0.2) is 50.8 Å². The van der Waals surface area contributed by atoms with Gasteiger partial charge in [-0.2, -0.15) is 5.10 Å². The van der Waals surface area contributed by atoms with Gasteiger partial charge in [-0.15, -0.1) is 0 Å². The molecule has 122 valence electrons. The molecule has 0 radical (unpaired) electrons. The fraction of sp³-hybridized carbons (Fsp3) is 0.278. The van der Waals surface area contributed by atoms with Gasteiger partial charge in [0.1, 0.15) is 12.1 Å². The summed E-state index contributed by atoms with van der Waals surface area (Å²) in [6.45, 7) is 5.04. The Morgan fingerprint density at radius 1 is 0.875 bits per heavy atom. The van der Waals surface area contributed by atoms with Gasteiger partial charge in [0.25, 0.3) is 0 Å². The lowest BCUT2D eigenvalue weighted by Crippen LogP contribution is -2.46. The Morgan fingerprint density at radius 2 is 1.67 bits per heavy atom. The molecule has 0 atom stereocenters. The molecule has 1 saturated heterocycles. The van der Waals surface area contributed by atoms with Crippen LogP contribution in [0.25, 0.3) is 5.82 Å². The first kappa shape index (κ1) is 14.8. The van der Waals surface area contributed by atoms with Crippen molar-refractivity contribution in [2.45, 2.75) is 6.54 Å². The second kappa shape index (κ2) is 6.80. The Hall–Kier alpha value is -2.73. The van der Waals surface area contributed by atoms with Crippen molar-refractivity contribution in [3.05, 3.63) is 66.7 Å². The number of nitrogens with zero attached hydrogens (tertiary/aromatic N) is 6. The van der Waals surface area contributed by atoms with Crippen molar-refractivity contribution in [1.82, 2.24) is 24.6 Å². The topological polar surface area (TPSA) is 50.1 Å². The predicted molar refractivity (Wildman–Crippen MR) is 93.1 cm³/mol. The zero-order chi connectivity index (χ0) is 16.2. The summed E-state index contributed by atoms with van der Waals surface area (Å²) >= 11 is 0. The maximum atomic E-state index is 4.44. The summed E-state index contributed by atoms with van der Waals surface area (Å²) < 4.78 is 1.76. The van der Waals surface area contributed by atoms with Crippen molar-refractivity contribution in [2.75, 3.05) is 31.1 Å². The quantitative estimate of drug-likeness (QED) is 0.736. The number of hydrogen-bond acceptors (Lipinski definition) is 5. The largest absolute Gasteiger partial charge is 0.354 e. The molecule has 2 aromatic heterocycles. The van der Waals surface area contributed by atoms with Crippen LogP contribution in [0.1, 0.15) is 5.56 Å². The summed E-state index contributed by atoms with van der Waals surface area (Å²) in [6.07, 6.45) is 5.26. The van der Waals surface area contributed by atoms with Gasteiger partial charge in [0.15, 0.2) is 5.82 Å². The molecule has 6 heteroatoms. The molecule has 4 rings (SSSR count). The van der Waals surface area contributed by atoms with E-state index in [-0.39, 0.29) is 0 Å². The number of rotatable bonds is 4. The molecule has 3 heterocycles. The summed E-state index contributed by atoms with van der Waals surface area (Å²) in [5.41, 5.74) is 1.37. The van der Waals surface area contributed by atoms with Crippen molar-refractivity contribution in [3.8, 4) is 5.82 Å². The summed E-state index contributed by atoms with van der Waals surface area (Å²) in [5, 5.41) is 4.23. The van der Waals surface area contributed by atoms with Crippen LogP contribution in [0.5, 0.6) is 0 Å². The first-order chi connectivity index (χ1) is 11.9. The highest BCUT2D eigenvalue weighted by Crippen LogP contribution is 2.16. The van der Waals surface area contributed by atoms with Crippen molar-refractivity contribution in [1.29, 1.82) is 0 Å². The van der Waals surface area contributed by atoms with Crippen LogP contribution in [0, 0.1) is 0 Å². The second-order valence-electron chi connectivity index (χ2n) is 5.93. The second-order valence-corrected chi connectivity index (χ2v) is 5.93. The van der Waals surface area contributed by atoms with Crippen LogP contribution in [0.3, 0.4) is 0 Å². The molecule has 1 aromatic carbocycles.